The summed E-state index contributed by atoms with van der Waals surface area (Å²) in [5, 5.41) is 3.52. The summed E-state index contributed by atoms with van der Waals surface area (Å²) in [7, 11) is 0. The van der Waals surface area contributed by atoms with Crippen LogP contribution in [0, 0.1) is 5.82 Å². The van der Waals surface area contributed by atoms with Crippen molar-refractivity contribution in [2.75, 3.05) is 18.4 Å². The molecule has 1 amide bonds. The van der Waals surface area contributed by atoms with Crippen LogP contribution in [0.4, 0.5) is 10.1 Å². The molecule has 25 heavy (non-hydrogen) atoms. The number of carbonyl (C=O) groups is 1. The molecular weight excluding hydrogens is 323 g/mol. The summed E-state index contributed by atoms with van der Waals surface area (Å²) >= 11 is 0. The number of nitrogens with one attached hydrogen (secondary N) is 1. The van der Waals surface area contributed by atoms with Gasteiger partial charge in [0, 0.05) is 30.9 Å². The second-order valence-corrected chi connectivity index (χ2v) is 6.66. The van der Waals surface area contributed by atoms with Gasteiger partial charge in [0.2, 0.25) is 5.91 Å². The molecule has 130 valence electrons. The Balaban J connectivity index is 1.62. The highest BCUT2D eigenvalue weighted by Gasteiger charge is 2.27. The Morgan fingerprint density at radius 3 is 2.88 bits per heavy atom. The largest absolute Gasteiger partial charge is 0.380 e. The second kappa shape index (κ2) is 5.98. The average molecular weight is 342 g/mol. The molecule has 1 aliphatic heterocycles. The molecule has 1 aromatic heterocycles. The molecule has 2 aliphatic rings. The summed E-state index contributed by atoms with van der Waals surface area (Å²) in [6.07, 6.45) is 5.42. The van der Waals surface area contributed by atoms with E-state index in [2.05, 4.69) is 16.9 Å². The maximum absolute atomic E-state index is 14.4. The van der Waals surface area contributed by atoms with Crippen LogP contribution in [-0.4, -0.2) is 39.5 Å². The van der Waals surface area contributed by atoms with Gasteiger partial charge < -0.3 is 10.2 Å². The van der Waals surface area contributed by atoms with Gasteiger partial charge in [-0.25, -0.2) is 9.37 Å². The van der Waals surface area contributed by atoms with Gasteiger partial charge in [0.05, 0.1) is 11.7 Å². The molecule has 1 atom stereocenters. The van der Waals surface area contributed by atoms with E-state index in [4.69, 9.17) is 0 Å². The Bertz CT molecular complexity index is 919. The summed E-state index contributed by atoms with van der Waals surface area (Å²) < 4.78 is 16.0. The van der Waals surface area contributed by atoms with Crippen LogP contribution in [0.5, 0.6) is 0 Å². The van der Waals surface area contributed by atoms with Crippen LogP contribution in [0.2, 0.25) is 0 Å². The van der Waals surface area contributed by atoms with Gasteiger partial charge in [0.1, 0.15) is 5.52 Å². The van der Waals surface area contributed by atoms with E-state index in [1.807, 2.05) is 0 Å². The van der Waals surface area contributed by atoms with Crippen molar-refractivity contribution in [2.24, 2.45) is 0 Å². The minimum Gasteiger partial charge on any atom is -0.380 e. The number of aromatic nitrogens is 2. The van der Waals surface area contributed by atoms with Crippen LogP contribution in [0.1, 0.15) is 25.3 Å². The Kier molecular flexibility index (Phi) is 3.78. The predicted molar refractivity (Wildman–Crippen MR) is 93.0 cm³/mol. The molecule has 1 aromatic carbocycles. The SMILES string of the molecule is C=CC(=O)N1CCC(Nc2cc(F)c3ncn(C4CC4)c(=O)c3c2)C1. The van der Waals surface area contributed by atoms with Crippen LogP contribution in [0.25, 0.3) is 10.9 Å². The van der Waals surface area contributed by atoms with Crippen molar-refractivity contribution in [3.05, 3.63) is 47.3 Å². The van der Waals surface area contributed by atoms with Crippen LogP contribution in [-0.2, 0) is 4.79 Å². The first-order chi connectivity index (χ1) is 12.1. The molecule has 1 N–H and O–H groups in total. The zero-order valence-corrected chi connectivity index (χ0v) is 13.7. The number of halogens is 1. The minimum atomic E-state index is -0.517. The summed E-state index contributed by atoms with van der Waals surface area (Å²) in [4.78, 5) is 30.1. The summed E-state index contributed by atoms with van der Waals surface area (Å²) in [6, 6.07) is 3.22. The van der Waals surface area contributed by atoms with Crippen molar-refractivity contribution in [1.29, 1.82) is 0 Å². The van der Waals surface area contributed by atoms with Crippen molar-refractivity contribution in [3.8, 4) is 0 Å². The van der Waals surface area contributed by atoms with Crippen LogP contribution in [0.3, 0.4) is 0 Å². The van der Waals surface area contributed by atoms with Gasteiger partial charge >= 0.3 is 0 Å². The molecular formula is C18H19FN4O2. The Morgan fingerprint density at radius 1 is 1.36 bits per heavy atom. The molecule has 0 radical (unpaired) electrons. The number of anilines is 1. The van der Waals surface area contributed by atoms with Crippen molar-refractivity contribution in [2.45, 2.75) is 31.3 Å². The van der Waals surface area contributed by atoms with Gasteiger partial charge in [-0.1, -0.05) is 6.58 Å². The summed E-state index contributed by atoms with van der Waals surface area (Å²) in [5.74, 6) is -0.623. The number of carbonyl (C=O) groups excluding carboxylic acids is 1. The second-order valence-electron chi connectivity index (χ2n) is 6.66. The molecule has 1 unspecified atom stereocenters. The predicted octanol–water partition coefficient (Wildman–Crippen LogP) is 2.07. The van der Waals surface area contributed by atoms with Gasteiger partial charge in [0.15, 0.2) is 5.82 Å². The molecule has 7 heteroatoms. The van der Waals surface area contributed by atoms with Crippen LogP contribution in [0.15, 0.2) is 35.9 Å². The molecule has 6 nitrogen and oxygen atoms in total. The van der Waals surface area contributed by atoms with E-state index in [1.165, 1.54) is 18.5 Å². The molecule has 1 saturated carbocycles. The number of fused-ring (bicyclic) bond motifs is 1. The van der Waals surface area contributed by atoms with Gasteiger partial charge in [0.25, 0.3) is 5.56 Å². The van der Waals surface area contributed by atoms with E-state index >= 15 is 0 Å². The van der Waals surface area contributed by atoms with Crippen molar-refractivity contribution in [3.63, 3.8) is 0 Å². The van der Waals surface area contributed by atoms with E-state index < -0.39 is 5.82 Å². The highest BCUT2D eigenvalue weighted by molar-refractivity contribution is 5.87. The van der Waals surface area contributed by atoms with E-state index in [0.717, 1.165) is 19.3 Å². The lowest BCUT2D eigenvalue weighted by atomic mass is 10.2. The molecule has 1 aliphatic carbocycles. The monoisotopic (exact) mass is 342 g/mol. The third kappa shape index (κ3) is 2.90. The lowest BCUT2D eigenvalue weighted by molar-refractivity contribution is -0.125. The number of nitrogens with zero attached hydrogens (tertiary/aromatic N) is 3. The van der Waals surface area contributed by atoms with Crippen molar-refractivity contribution < 1.29 is 9.18 Å². The van der Waals surface area contributed by atoms with Gasteiger partial charge in [-0.3, -0.25) is 14.2 Å². The summed E-state index contributed by atoms with van der Waals surface area (Å²) in [6.45, 7) is 4.66. The smallest absolute Gasteiger partial charge is 0.261 e. The lowest BCUT2D eigenvalue weighted by Gasteiger charge is -2.16. The fourth-order valence-electron chi connectivity index (χ4n) is 3.34. The Labute approximate surface area is 144 Å². The number of benzene rings is 1. The molecule has 1 saturated heterocycles. The molecule has 0 bridgehead atoms. The molecule has 4 rings (SSSR count). The number of hydrogen-bond acceptors (Lipinski definition) is 4. The third-order valence-corrected chi connectivity index (χ3v) is 4.83. The molecule has 2 heterocycles. The normalized spacial score (nSPS) is 20.0. The quantitative estimate of drug-likeness (QED) is 0.864. The fraction of sp³-hybridized carbons (Fsp3) is 0.389. The topological polar surface area (TPSA) is 67.2 Å². The minimum absolute atomic E-state index is 0.0167. The Hall–Kier alpha value is -2.70. The van der Waals surface area contributed by atoms with Gasteiger partial charge in [-0.05, 0) is 37.5 Å². The standard InChI is InChI=1S/C18H19FN4O2/c1-2-16(24)22-6-5-11(9-22)21-12-7-14-17(15(19)8-12)20-10-23(18(14)25)13-3-4-13/h2,7-8,10-11,13,21H,1,3-6,9H2. The molecule has 2 fully saturated rings. The molecule has 2 aromatic rings. The zero-order chi connectivity index (χ0) is 17.6. The lowest BCUT2D eigenvalue weighted by Crippen LogP contribution is -2.30. The van der Waals surface area contributed by atoms with Gasteiger partial charge in [-0.15, -0.1) is 0 Å². The number of hydrogen-bond donors (Lipinski definition) is 1. The van der Waals surface area contributed by atoms with E-state index in [9.17, 15) is 14.0 Å². The molecule has 0 spiro atoms. The highest BCUT2D eigenvalue weighted by atomic mass is 19.1. The number of likely N-dealkylation sites (tertiary alicyclic amines) is 1. The maximum Gasteiger partial charge on any atom is 0.261 e. The van der Waals surface area contributed by atoms with E-state index in [0.29, 0.717) is 18.8 Å². The highest BCUT2D eigenvalue weighted by Crippen LogP contribution is 2.33. The van der Waals surface area contributed by atoms with E-state index in [-0.39, 0.29) is 34.5 Å². The van der Waals surface area contributed by atoms with Crippen molar-refractivity contribution in [1.82, 2.24) is 14.5 Å². The third-order valence-electron chi connectivity index (χ3n) is 4.83. The first-order valence-corrected chi connectivity index (χ1v) is 8.45. The maximum atomic E-state index is 14.4. The fourth-order valence-corrected chi connectivity index (χ4v) is 3.34. The number of rotatable bonds is 4. The van der Waals surface area contributed by atoms with Crippen LogP contribution < -0.4 is 10.9 Å². The first kappa shape index (κ1) is 15.8. The average Bonchev–Trinajstić information content (AvgIpc) is 3.34. The van der Waals surface area contributed by atoms with E-state index in [1.54, 1.807) is 15.5 Å². The van der Waals surface area contributed by atoms with Gasteiger partial charge in [-0.2, -0.15) is 0 Å². The zero-order valence-electron chi connectivity index (χ0n) is 13.7. The first-order valence-electron chi connectivity index (χ1n) is 8.45. The Morgan fingerprint density at radius 2 is 2.16 bits per heavy atom. The van der Waals surface area contributed by atoms with Crippen LogP contribution >= 0.6 is 0 Å². The van der Waals surface area contributed by atoms with Crippen molar-refractivity contribution >= 4 is 22.5 Å². The number of amides is 1. The summed E-state index contributed by atoms with van der Waals surface area (Å²) in [5.41, 5.74) is 0.433.